The summed E-state index contributed by atoms with van der Waals surface area (Å²) in [5.74, 6) is -0.348. The number of hydrogen-bond acceptors (Lipinski definition) is 4. The first-order valence-electron chi connectivity index (χ1n) is 5.90. The minimum absolute atomic E-state index is 0.201. The highest BCUT2D eigenvalue weighted by molar-refractivity contribution is 5.92. The van der Waals surface area contributed by atoms with Gasteiger partial charge in [0.2, 0.25) is 5.91 Å². The molecule has 0 bridgehead atoms. The van der Waals surface area contributed by atoms with Crippen molar-refractivity contribution in [3.05, 3.63) is 53.2 Å². The first kappa shape index (κ1) is 14.8. The van der Waals surface area contributed by atoms with E-state index in [1.165, 1.54) is 6.07 Å². The molecule has 1 aromatic carbocycles. The molecular weight excluding hydrogens is 285 g/mol. The zero-order chi connectivity index (χ0) is 15.5. The summed E-state index contributed by atoms with van der Waals surface area (Å²) >= 11 is 0. The van der Waals surface area contributed by atoms with Gasteiger partial charge in [0.25, 0.3) is 0 Å². The molecule has 0 aliphatic carbocycles. The number of anilines is 1. The number of nitrogens with zero attached hydrogens (tertiary/aromatic N) is 2. The predicted molar refractivity (Wildman–Crippen MR) is 69.3 cm³/mol. The number of rotatable bonds is 4. The number of amides is 1. The van der Waals surface area contributed by atoms with Crippen molar-refractivity contribution in [3.63, 3.8) is 0 Å². The Morgan fingerprint density at radius 1 is 1.19 bits per heavy atom. The molecule has 5 nitrogen and oxygen atoms in total. The topological polar surface area (TPSA) is 80.9 Å². The molecule has 3 N–H and O–H groups in total. The number of alkyl halides is 3. The Morgan fingerprint density at radius 2 is 1.95 bits per heavy atom. The van der Waals surface area contributed by atoms with Crippen molar-refractivity contribution in [2.24, 2.45) is 5.73 Å². The fourth-order valence-electron chi connectivity index (χ4n) is 1.60. The molecule has 1 aromatic heterocycles. The molecule has 1 amide bonds. The lowest BCUT2D eigenvalue weighted by Gasteiger charge is -2.08. The molecule has 0 atom stereocenters. The summed E-state index contributed by atoms with van der Waals surface area (Å²) in [5.41, 5.74) is 5.20. The van der Waals surface area contributed by atoms with Gasteiger partial charge in [-0.2, -0.15) is 13.2 Å². The van der Waals surface area contributed by atoms with Gasteiger partial charge in [-0.3, -0.25) is 4.79 Å². The van der Waals surface area contributed by atoms with Gasteiger partial charge in [-0.1, -0.05) is 12.1 Å². The number of primary amides is 1. The second kappa shape index (κ2) is 5.78. The van der Waals surface area contributed by atoms with Crippen LogP contribution in [0.2, 0.25) is 0 Å². The molecule has 21 heavy (non-hydrogen) atoms. The number of aromatic nitrogens is 2. The van der Waals surface area contributed by atoms with Crippen LogP contribution in [0.3, 0.4) is 0 Å². The Balaban J connectivity index is 2.03. The number of nitrogens with one attached hydrogen (secondary N) is 1. The monoisotopic (exact) mass is 296 g/mol. The Bertz CT molecular complexity index is 641. The van der Waals surface area contributed by atoms with Gasteiger partial charge in [0.1, 0.15) is 5.82 Å². The largest absolute Gasteiger partial charge is 0.435 e. The van der Waals surface area contributed by atoms with Gasteiger partial charge >= 0.3 is 6.18 Å². The summed E-state index contributed by atoms with van der Waals surface area (Å²) in [6.45, 7) is 0.279. The van der Waals surface area contributed by atoms with Gasteiger partial charge in [0.15, 0.2) is 5.69 Å². The Hall–Kier alpha value is -2.64. The van der Waals surface area contributed by atoms with Gasteiger partial charge in [-0.15, -0.1) is 10.2 Å². The van der Waals surface area contributed by atoms with Crippen molar-refractivity contribution in [1.29, 1.82) is 0 Å². The van der Waals surface area contributed by atoms with Crippen LogP contribution in [0.4, 0.5) is 19.0 Å². The molecule has 0 fully saturated rings. The number of benzene rings is 1. The maximum Gasteiger partial charge on any atom is 0.435 e. The normalized spacial score (nSPS) is 11.2. The van der Waals surface area contributed by atoms with Crippen LogP contribution in [0, 0.1) is 0 Å². The van der Waals surface area contributed by atoms with E-state index >= 15 is 0 Å². The van der Waals surface area contributed by atoms with Crippen LogP contribution < -0.4 is 11.1 Å². The molecule has 0 aliphatic heterocycles. The van der Waals surface area contributed by atoms with Crippen LogP contribution in [0.25, 0.3) is 0 Å². The number of carbonyl (C=O) groups excluding carboxylic acids is 1. The third-order valence-electron chi connectivity index (χ3n) is 2.64. The number of hydrogen-bond donors (Lipinski definition) is 2. The maximum atomic E-state index is 12.3. The predicted octanol–water partition coefficient (Wildman–Crippen LogP) is 2.21. The highest BCUT2D eigenvalue weighted by Gasteiger charge is 2.32. The zero-order valence-electron chi connectivity index (χ0n) is 10.7. The van der Waals surface area contributed by atoms with E-state index in [2.05, 4.69) is 15.5 Å². The van der Waals surface area contributed by atoms with E-state index in [9.17, 15) is 18.0 Å². The van der Waals surface area contributed by atoms with E-state index < -0.39 is 17.8 Å². The minimum Gasteiger partial charge on any atom is -0.366 e. The summed E-state index contributed by atoms with van der Waals surface area (Å²) in [5, 5.41) is 9.35. The highest BCUT2D eigenvalue weighted by atomic mass is 19.4. The summed E-state index contributed by atoms with van der Waals surface area (Å²) in [6, 6.07) is 8.60. The molecule has 0 radical (unpaired) electrons. The highest BCUT2D eigenvalue weighted by Crippen LogP contribution is 2.27. The molecule has 0 unspecified atom stereocenters. The van der Waals surface area contributed by atoms with Crippen molar-refractivity contribution in [1.82, 2.24) is 10.2 Å². The molecule has 2 aromatic rings. The second-order valence-electron chi connectivity index (χ2n) is 4.22. The van der Waals surface area contributed by atoms with E-state index in [1.807, 2.05) is 0 Å². The van der Waals surface area contributed by atoms with Gasteiger partial charge in [-0.05, 0) is 29.8 Å². The quantitative estimate of drug-likeness (QED) is 0.906. The summed E-state index contributed by atoms with van der Waals surface area (Å²) < 4.78 is 37.0. The van der Waals surface area contributed by atoms with E-state index in [0.29, 0.717) is 5.56 Å². The van der Waals surface area contributed by atoms with Crippen LogP contribution in [0.5, 0.6) is 0 Å². The molecule has 1 heterocycles. The first-order valence-corrected chi connectivity index (χ1v) is 5.90. The molecule has 0 spiro atoms. The van der Waals surface area contributed by atoms with Crippen LogP contribution in [0.1, 0.15) is 21.6 Å². The van der Waals surface area contributed by atoms with Crippen molar-refractivity contribution in [2.45, 2.75) is 12.7 Å². The lowest BCUT2D eigenvalue weighted by Crippen LogP contribution is -2.12. The smallest absolute Gasteiger partial charge is 0.366 e. The number of halogens is 3. The van der Waals surface area contributed by atoms with Gasteiger partial charge in [0, 0.05) is 12.1 Å². The zero-order valence-corrected chi connectivity index (χ0v) is 10.7. The van der Waals surface area contributed by atoms with Crippen LogP contribution in [-0.2, 0) is 12.7 Å². The summed E-state index contributed by atoms with van der Waals surface area (Å²) in [6.07, 6.45) is -4.51. The molecule has 2 rings (SSSR count). The molecule has 0 aliphatic rings. The summed E-state index contributed by atoms with van der Waals surface area (Å²) in [4.78, 5) is 11.0. The van der Waals surface area contributed by atoms with E-state index in [4.69, 9.17) is 5.73 Å². The molecule has 110 valence electrons. The average Bonchev–Trinajstić information content (AvgIpc) is 2.45. The SMILES string of the molecule is NC(=O)c1cccc(CNc2ccc(C(F)(F)F)nn2)c1. The van der Waals surface area contributed by atoms with Crippen LogP contribution >= 0.6 is 0 Å². The third kappa shape index (κ3) is 3.91. The number of carbonyl (C=O) groups is 1. The fraction of sp³-hybridized carbons (Fsp3) is 0.154. The minimum atomic E-state index is -4.51. The van der Waals surface area contributed by atoms with Gasteiger partial charge in [-0.25, -0.2) is 0 Å². The van der Waals surface area contributed by atoms with Crippen molar-refractivity contribution in [2.75, 3.05) is 5.32 Å². The third-order valence-corrected chi connectivity index (χ3v) is 2.64. The molecular formula is C13H11F3N4O. The van der Waals surface area contributed by atoms with Crippen molar-refractivity contribution < 1.29 is 18.0 Å². The Labute approximate surface area is 118 Å². The van der Waals surface area contributed by atoms with Crippen molar-refractivity contribution >= 4 is 11.7 Å². The second-order valence-corrected chi connectivity index (χ2v) is 4.22. The van der Waals surface area contributed by atoms with E-state index in [1.54, 1.807) is 24.3 Å². The van der Waals surface area contributed by atoms with E-state index in [0.717, 1.165) is 11.6 Å². The molecule has 0 saturated heterocycles. The molecule has 0 saturated carbocycles. The average molecular weight is 296 g/mol. The lowest BCUT2D eigenvalue weighted by atomic mass is 10.1. The maximum absolute atomic E-state index is 12.3. The fourth-order valence-corrected chi connectivity index (χ4v) is 1.60. The molecule has 8 heteroatoms. The first-order chi connectivity index (χ1) is 9.86. The number of nitrogens with two attached hydrogens (primary N) is 1. The summed E-state index contributed by atoms with van der Waals surface area (Å²) in [7, 11) is 0. The Morgan fingerprint density at radius 3 is 2.52 bits per heavy atom. The van der Waals surface area contributed by atoms with Crippen LogP contribution in [0.15, 0.2) is 36.4 Å². The van der Waals surface area contributed by atoms with Gasteiger partial charge < -0.3 is 11.1 Å². The van der Waals surface area contributed by atoms with Gasteiger partial charge in [0.05, 0.1) is 0 Å². The standard InChI is InChI=1S/C13H11F3N4O/c14-13(15,16)10-4-5-11(20-19-10)18-7-8-2-1-3-9(6-8)12(17)21/h1-6H,7H2,(H2,17,21)(H,18,20). The van der Waals surface area contributed by atoms with Crippen molar-refractivity contribution in [3.8, 4) is 0 Å². The Kier molecular flexibility index (Phi) is 4.06. The van der Waals surface area contributed by atoms with E-state index in [-0.39, 0.29) is 12.4 Å². The van der Waals surface area contributed by atoms with Crippen LogP contribution in [-0.4, -0.2) is 16.1 Å². The lowest BCUT2D eigenvalue weighted by molar-refractivity contribution is -0.141.